The summed E-state index contributed by atoms with van der Waals surface area (Å²) in [6.45, 7) is 2.01. The van der Waals surface area contributed by atoms with Crippen LogP contribution in [0.2, 0.25) is 0 Å². The number of aryl methyl sites for hydroxylation is 1. The van der Waals surface area contributed by atoms with Crippen LogP contribution in [-0.4, -0.2) is 54.9 Å². The third-order valence-electron chi connectivity index (χ3n) is 6.44. The smallest absolute Gasteiger partial charge is 0.335 e. The molecule has 0 saturated carbocycles. The highest BCUT2D eigenvalue weighted by Crippen LogP contribution is 2.28. The molecule has 3 unspecified atom stereocenters. The number of methoxy groups -OCH3 is 1. The molecule has 204 valence electrons. The molecule has 1 aliphatic heterocycles. The van der Waals surface area contributed by atoms with Crippen molar-refractivity contribution in [2.75, 3.05) is 24.3 Å². The molecule has 4 rings (SSSR count). The van der Waals surface area contributed by atoms with E-state index in [9.17, 15) is 18.8 Å². The number of carbonyl (C=O) groups excluding carboxylic acids is 2. The lowest BCUT2D eigenvalue weighted by Crippen LogP contribution is -2.45. The molecule has 0 aromatic heterocycles. The van der Waals surface area contributed by atoms with Gasteiger partial charge in [0.2, 0.25) is 0 Å². The van der Waals surface area contributed by atoms with Crippen LogP contribution in [0, 0.1) is 6.92 Å². The van der Waals surface area contributed by atoms with Crippen molar-refractivity contribution >= 4 is 29.2 Å². The van der Waals surface area contributed by atoms with Crippen molar-refractivity contribution in [3.05, 3.63) is 83.4 Å². The zero-order valence-corrected chi connectivity index (χ0v) is 21.6. The number of benzene rings is 3. The number of ketones is 1. The molecule has 1 aliphatic rings. The molecule has 3 aromatic rings. The fourth-order valence-corrected chi connectivity index (χ4v) is 4.39. The first-order valence-electron chi connectivity index (χ1n) is 12.4. The number of alkyl halides is 1. The van der Waals surface area contributed by atoms with E-state index in [-0.39, 0.29) is 30.7 Å². The first-order chi connectivity index (χ1) is 18.7. The minimum Gasteiger partial charge on any atom is -0.495 e. The Morgan fingerprint density at radius 3 is 2.41 bits per heavy atom. The van der Waals surface area contributed by atoms with E-state index >= 15 is 0 Å². The van der Waals surface area contributed by atoms with Crippen molar-refractivity contribution in [2.45, 2.75) is 38.1 Å². The Kier molecular flexibility index (Phi) is 8.77. The number of hydrogen-bond acceptors (Lipinski definition) is 6. The van der Waals surface area contributed by atoms with Crippen LogP contribution in [-0.2, 0) is 11.2 Å². The molecule has 0 aliphatic carbocycles. The van der Waals surface area contributed by atoms with Gasteiger partial charge < -0.3 is 30.5 Å². The van der Waals surface area contributed by atoms with Gasteiger partial charge in [0.05, 0.1) is 24.4 Å². The maximum Gasteiger partial charge on any atom is 0.335 e. The summed E-state index contributed by atoms with van der Waals surface area (Å²) >= 11 is 0. The van der Waals surface area contributed by atoms with Crippen LogP contribution in [0.25, 0.3) is 0 Å². The lowest BCUT2D eigenvalue weighted by atomic mass is 9.98. The van der Waals surface area contributed by atoms with Crippen LogP contribution in [0.15, 0.2) is 66.7 Å². The average molecular weight is 536 g/mol. The number of nitrogens with one attached hydrogen (secondary N) is 3. The molecule has 1 saturated heterocycles. The number of Topliss-reactive ketones (excluding diaryl/α,β-unsaturated/α-hetero) is 1. The predicted octanol–water partition coefficient (Wildman–Crippen LogP) is 4.61. The number of carboxylic acid groups (broad SMARTS) is 1. The van der Waals surface area contributed by atoms with Crippen LogP contribution in [0.3, 0.4) is 0 Å². The standard InChI is InChI=1S/C29H30FN3O6/c1-17-5-3-4-6-22(17)32-29(37)33-23-12-7-18(14-26(23)38-2)13-25(34)27(24-15-20(30)16-31-24)39-21-10-8-19(9-11-21)28(35)36/h3-12,14,20,24,27,31H,13,15-16H2,1-2H3,(H,35,36)(H2,32,33,37). The molecule has 3 aromatic carbocycles. The zero-order chi connectivity index (χ0) is 27.9. The van der Waals surface area contributed by atoms with Gasteiger partial charge in [0.15, 0.2) is 11.9 Å². The van der Waals surface area contributed by atoms with Crippen molar-refractivity contribution in [3.8, 4) is 11.5 Å². The van der Waals surface area contributed by atoms with Crippen LogP contribution in [0.5, 0.6) is 11.5 Å². The number of carboxylic acids is 1. The van der Waals surface area contributed by atoms with Crippen LogP contribution in [0.4, 0.5) is 20.6 Å². The topological polar surface area (TPSA) is 126 Å². The Labute approximate surface area is 225 Å². The van der Waals surface area contributed by atoms with Crippen LogP contribution in [0.1, 0.15) is 27.9 Å². The van der Waals surface area contributed by atoms with E-state index in [4.69, 9.17) is 14.6 Å². The lowest BCUT2D eigenvalue weighted by molar-refractivity contribution is -0.126. The molecule has 2 amide bonds. The van der Waals surface area contributed by atoms with E-state index in [1.54, 1.807) is 24.3 Å². The van der Waals surface area contributed by atoms with Gasteiger partial charge in [0.1, 0.15) is 17.7 Å². The normalized spacial score (nSPS) is 17.2. The summed E-state index contributed by atoms with van der Waals surface area (Å²) in [5, 5.41) is 17.7. The van der Waals surface area contributed by atoms with Gasteiger partial charge in [0.25, 0.3) is 0 Å². The Morgan fingerprint density at radius 2 is 1.77 bits per heavy atom. The second kappa shape index (κ2) is 12.4. The SMILES string of the molecule is COc1cc(CC(=O)C(Oc2ccc(C(=O)O)cc2)C2CC(F)CN2)ccc1NC(=O)Nc1ccccc1C. The average Bonchev–Trinajstić information content (AvgIpc) is 3.35. The fourth-order valence-electron chi connectivity index (χ4n) is 4.39. The Morgan fingerprint density at radius 1 is 1.05 bits per heavy atom. The van der Waals surface area contributed by atoms with Crippen molar-refractivity contribution in [2.24, 2.45) is 0 Å². The molecule has 0 spiro atoms. The van der Waals surface area contributed by atoms with Gasteiger partial charge in [-0.05, 0) is 66.9 Å². The van der Waals surface area contributed by atoms with Gasteiger partial charge in [-0.1, -0.05) is 24.3 Å². The molecule has 1 fully saturated rings. The number of urea groups is 1. The van der Waals surface area contributed by atoms with Gasteiger partial charge in [-0.3, -0.25) is 4.79 Å². The number of ether oxygens (including phenoxy) is 2. The summed E-state index contributed by atoms with van der Waals surface area (Å²) in [5.41, 5.74) is 2.71. The van der Waals surface area contributed by atoms with Gasteiger partial charge in [0, 0.05) is 18.7 Å². The number of anilines is 2. The van der Waals surface area contributed by atoms with E-state index in [0.717, 1.165) is 5.56 Å². The summed E-state index contributed by atoms with van der Waals surface area (Å²) in [7, 11) is 1.46. The molecule has 39 heavy (non-hydrogen) atoms. The molecule has 10 heteroatoms. The molecule has 0 radical (unpaired) electrons. The van der Waals surface area contributed by atoms with E-state index in [0.29, 0.717) is 28.4 Å². The van der Waals surface area contributed by atoms with E-state index in [1.165, 1.54) is 31.4 Å². The summed E-state index contributed by atoms with van der Waals surface area (Å²) < 4.78 is 25.4. The number of para-hydroxylation sites is 1. The Hall–Kier alpha value is -4.44. The monoisotopic (exact) mass is 535 g/mol. The number of hydrogen-bond donors (Lipinski definition) is 4. The molecular formula is C29H30FN3O6. The predicted molar refractivity (Wildman–Crippen MR) is 145 cm³/mol. The largest absolute Gasteiger partial charge is 0.495 e. The third-order valence-corrected chi connectivity index (χ3v) is 6.44. The quantitative estimate of drug-likeness (QED) is 0.299. The van der Waals surface area contributed by atoms with Gasteiger partial charge in [-0.2, -0.15) is 0 Å². The minimum atomic E-state index is -1.10. The number of aromatic carboxylic acids is 1. The van der Waals surface area contributed by atoms with Gasteiger partial charge in [-0.25, -0.2) is 14.0 Å². The lowest BCUT2D eigenvalue weighted by Gasteiger charge is -2.24. The van der Waals surface area contributed by atoms with Gasteiger partial charge >= 0.3 is 12.0 Å². The fraction of sp³-hybridized carbons (Fsp3) is 0.276. The van der Waals surface area contributed by atoms with Crippen molar-refractivity contribution < 1.29 is 33.4 Å². The highest BCUT2D eigenvalue weighted by molar-refractivity contribution is 6.01. The molecular weight excluding hydrogens is 505 g/mol. The van der Waals surface area contributed by atoms with Crippen molar-refractivity contribution in [1.82, 2.24) is 5.32 Å². The second-order valence-electron chi connectivity index (χ2n) is 9.29. The van der Waals surface area contributed by atoms with Gasteiger partial charge in [-0.15, -0.1) is 0 Å². The molecule has 4 N–H and O–H groups in total. The Balaban J connectivity index is 1.47. The molecule has 1 heterocycles. The second-order valence-corrected chi connectivity index (χ2v) is 9.29. The molecule has 0 bridgehead atoms. The molecule has 3 atom stereocenters. The van der Waals surface area contributed by atoms with E-state index in [1.807, 2.05) is 25.1 Å². The van der Waals surface area contributed by atoms with Crippen molar-refractivity contribution in [3.63, 3.8) is 0 Å². The minimum absolute atomic E-state index is 0.0287. The molecule has 9 nitrogen and oxygen atoms in total. The highest BCUT2D eigenvalue weighted by Gasteiger charge is 2.36. The maximum atomic E-state index is 14.0. The van der Waals surface area contributed by atoms with Crippen LogP contribution < -0.4 is 25.4 Å². The number of amides is 2. The van der Waals surface area contributed by atoms with E-state index in [2.05, 4.69) is 16.0 Å². The Bertz CT molecular complexity index is 1350. The summed E-state index contributed by atoms with van der Waals surface area (Å²) in [6, 6.07) is 17.1. The number of carbonyl (C=O) groups is 3. The maximum absolute atomic E-state index is 14.0. The number of halogens is 1. The first-order valence-corrected chi connectivity index (χ1v) is 12.4. The van der Waals surface area contributed by atoms with E-state index < -0.39 is 30.3 Å². The summed E-state index contributed by atoms with van der Waals surface area (Å²) in [4.78, 5) is 37.1. The zero-order valence-electron chi connectivity index (χ0n) is 21.6. The number of rotatable bonds is 10. The first kappa shape index (κ1) is 27.6. The van der Waals surface area contributed by atoms with Crippen molar-refractivity contribution in [1.29, 1.82) is 0 Å². The third kappa shape index (κ3) is 7.11. The van der Waals surface area contributed by atoms with Crippen LogP contribution >= 0.6 is 0 Å². The highest BCUT2D eigenvalue weighted by atomic mass is 19.1. The summed E-state index contributed by atoms with van der Waals surface area (Å²) in [6.07, 6.45) is -2.00. The summed E-state index contributed by atoms with van der Waals surface area (Å²) in [5.74, 6) is -0.695.